The molecule has 27 heavy (non-hydrogen) atoms. The summed E-state index contributed by atoms with van der Waals surface area (Å²) >= 11 is 1.57. The molecule has 0 unspecified atom stereocenters. The second-order valence-corrected chi connectivity index (χ2v) is 6.86. The number of benzene rings is 1. The van der Waals surface area contributed by atoms with E-state index in [1.54, 1.807) is 18.3 Å². The van der Waals surface area contributed by atoms with Gasteiger partial charge in [-0.2, -0.15) is 0 Å². The molecular formula is C19H19FN2O4S. The standard InChI is InChI=1S/C19H19FN2O4S/c1-2-26-17(23)12-16-18(24)22(14-7-5-13(20)6-8-14)19(25)21(16)10-9-15-4-3-11-27-15/h3-8,11,24H,2,9-10,12H2,1H3. The molecule has 2 aromatic heterocycles. The molecular weight excluding hydrogens is 371 g/mol. The number of carbonyl (C=O) groups is 1. The topological polar surface area (TPSA) is 73.5 Å². The molecule has 0 saturated carbocycles. The van der Waals surface area contributed by atoms with Gasteiger partial charge in [0.1, 0.15) is 5.82 Å². The number of carbonyl (C=O) groups excluding carboxylic acids is 1. The van der Waals surface area contributed by atoms with Crippen LogP contribution in [0, 0.1) is 5.82 Å². The first-order chi connectivity index (χ1) is 13.0. The van der Waals surface area contributed by atoms with Crippen molar-refractivity contribution in [2.75, 3.05) is 6.61 Å². The third-order valence-corrected chi connectivity index (χ3v) is 5.02. The summed E-state index contributed by atoms with van der Waals surface area (Å²) in [5, 5.41) is 12.6. The largest absolute Gasteiger partial charge is 0.493 e. The van der Waals surface area contributed by atoms with Crippen LogP contribution in [0.15, 0.2) is 46.6 Å². The number of hydrogen-bond donors (Lipinski definition) is 1. The maximum absolute atomic E-state index is 13.2. The SMILES string of the molecule is CCOC(=O)Cc1c(O)n(-c2ccc(F)cc2)c(=O)n1CCc1cccs1. The molecule has 0 fully saturated rings. The number of hydrogen-bond acceptors (Lipinski definition) is 5. The van der Waals surface area contributed by atoms with Crippen LogP contribution in [0.25, 0.3) is 5.69 Å². The van der Waals surface area contributed by atoms with Crippen molar-refractivity contribution in [2.45, 2.75) is 26.3 Å². The lowest BCUT2D eigenvalue weighted by Gasteiger charge is -2.06. The molecule has 0 spiro atoms. The Bertz CT molecular complexity index is 975. The minimum atomic E-state index is -0.533. The summed E-state index contributed by atoms with van der Waals surface area (Å²) in [6.07, 6.45) is 0.355. The number of aryl methyl sites for hydroxylation is 1. The van der Waals surface area contributed by atoms with Crippen molar-refractivity contribution >= 4 is 17.3 Å². The smallest absolute Gasteiger partial charge is 0.335 e. The Morgan fingerprint density at radius 2 is 2.00 bits per heavy atom. The molecule has 8 heteroatoms. The minimum absolute atomic E-state index is 0.180. The number of halogens is 1. The molecule has 0 aliphatic rings. The van der Waals surface area contributed by atoms with Gasteiger partial charge in [-0.05, 0) is 49.1 Å². The molecule has 0 saturated heterocycles. The van der Waals surface area contributed by atoms with Crippen LogP contribution in [0.3, 0.4) is 0 Å². The maximum atomic E-state index is 13.2. The number of thiophene rings is 1. The summed E-state index contributed by atoms with van der Waals surface area (Å²) in [5.74, 6) is -1.32. The normalized spacial score (nSPS) is 10.9. The predicted octanol–water partition coefficient (Wildman–Crippen LogP) is 2.89. The summed E-state index contributed by atoms with van der Waals surface area (Å²) in [6.45, 7) is 2.19. The average Bonchev–Trinajstić information content (AvgIpc) is 3.23. The third kappa shape index (κ3) is 4.11. The monoisotopic (exact) mass is 390 g/mol. The molecule has 0 aliphatic heterocycles. The van der Waals surface area contributed by atoms with Crippen molar-refractivity contribution in [3.63, 3.8) is 0 Å². The maximum Gasteiger partial charge on any atom is 0.335 e. The molecule has 1 aromatic carbocycles. The van der Waals surface area contributed by atoms with E-state index >= 15 is 0 Å². The van der Waals surface area contributed by atoms with Crippen LogP contribution in [0.5, 0.6) is 5.88 Å². The lowest BCUT2D eigenvalue weighted by molar-refractivity contribution is -0.142. The molecule has 3 rings (SSSR count). The van der Waals surface area contributed by atoms with Crippen LogP contribution >= 0.6 is 11.3 Å². The summed E-state index contributed by atoms with van der Waals surface area (Å²) in [6, 6.07) is 9.08. The van der Waals surface area contributed by atoms with Gasteiger partial charge in [0.2, 0.25) is 5.88 Å². The average molecular weight is 390 g/mol. The van der Waals surface area contributed by atoms with Crippen molar-refractivity contribution < 1.29 is 19.0 Å². The zero-order valence-corrected chi connectivity index (χ0v) is 15.5. The van der Waals surface area contributed by atoms with Gasteiger partial charge in [-0.25, -0.2) is 13.8 Å². The van der Waals surface area contributed by atoms with E-state index in [1.807, 2.05) is 17.5 Å². The number of aromatic nitrogens is 2. The van der Waals surface area contributed by atoms with Gasteiger partial charge in [0.05, 0.1) is 24.4 Å². The number of ether oxygens (including phenoxy) is 1. The molecule has 3 aromatic rings. The first kappa shape index (κ1) is 18.9. The Morgan fingerprint density at radius 1 is 1.26 bits per heavy atom. The van der Waals surface area contributed by atoms with Crippen LogP contribution in [-0.2, 0) is 28.9 Å². The number of rotatable bonds is 7. The molecule has 2 heterocycles. The Labute approximate surface area is 159 Å². The van der Waals surface area contributed by atoms with Crippen LogP contribution in [0.2, 0.25) is 0 Å². The van der Waals surface area contributed by atoms with E-state index in [-0.39, 0.29) is 24.6 Å². The van der Waals surface area contributed by atoms with Gasteiger partial charge in [0.25, 0.3) is 0 Å². The van der Waals surface area contributed by atoms with Crippen LogP contribution in [-0.4, -0.2) is 26.8 Å². The number of imidazole rings is 1. The lowest BCUT2D eigenvalue weighted by atomic mass is 10.3. The van der Waals surface area contributed by atoms with Gasteiger partial charge in [-0.1, -0.05) is 6.07 Å². The predicted molar refractivity (Wildman–Crippen MR) is 100 cm³/mol. The third-order valence-electron chi connectivity index (χ3n) is 4.08. The van der Waals surface area contributed by atoms with E-state index in [0.717, 1.165) is 9.44 Å². The van der Waals surface area contributed by atoms with Crippen LogP contribution in [0.1, 0.15) is 17.5 Å². The minimum Gasteiger partial charge on any atom is -0.493 e. The van der Waals surface area contributed by atoms with Gasteiger partial charge < -0.3 is 9.84 Å². The molecule has 0 aliphatic carbocycles. The van der Waals surface area contributed by atoms with Crippen molar-refractivity contribution in [1.29, 1.82) is 0 Å². The first-order valence-corrected chi connectivity index (χ1v) is 9.36. The van der Waals surface area contributed by atoms with E-state index in [2.05, 4.69) is 0 Å². The molecule has 142 valence electrons. The highest BCUT2D eigenvalue weighted by molar-refractivity contribution is 7.09. The number of aromatic hydroxyl groups is 1. The zero-order valence-electron chi connectivity index (χ0n) is 14.7. The Hall–Kier alpha value is -2.87. The number of nitrogens with zero attached hydrogens (tertiary/aromatic N) is 2. The highest BCUT2D eigenvalue weighted by Crippen LogP contribution is 2.22. The summed E-state index contributed by atoms with van der Waals surface area (Å²) in [4.78, 5) is 25.9. The Morgan fingerprint density at radius 3 is 2.63 bits per heavy atom. The van der Waals surface area contributed by atoms with Gasteiger partial charge in [0.15, 0.2) is 0 Å². The molecule has 6 nitrogen and oxygen atoms in total. The number of esters is 1. The molecule has 0 radical (unpaired) electrons. The fourth-order valence-electron chi connectivity index (χ4n) is 2.83. The van der Waals surface area contributed by atoms with E-state index in [1.165, 1.54) is 28.8 Å². The van der Waals surface area contributed by atoms with Gasteiger partial charge in [-0.15, -0.1) is 11.3 Å². The van der Waals surface area contributed by atoms with Gasteiger partial charge >= 0.3 is 11.7 Å². The fourth-order valence-corrected chi connectivity index (χ4v) is 3.53. The van der Waals surface area contributed by atoms with Crippen LogP contribution < -0.4 is 5.69 Å². The summed E-state index contributed by atoms with van der Waals surface area (Å²) in [5.41, 5.74) is 0.00757. The van der Waals surface area contributed by atoms with Crippen molar-refractivity contribution in [1.82, 2.24) is 9.13 Å². The second-order valence-electron chi connectivity index (χ2n) is 5.83. The fraction of sp³-hybridized carbons (Fsp3) is 0.263. The molecule has 0 bridgehead atoms. The zero-order chi connectivity index (χ0) is 19.4. The summed E-state index contributed by atoms with van der Waals surface area (Å²) in [7, 11) is 0. The van der Waals surface area contributed by atoms with E-state index in [0.29, 0.717) is 18.7 Å². The van der Waals surface area contributed by atoms with Gasteiger partial charge in [0, 0.05) is 11.4 Å². The van der Waals surface area contributed by atoms with E-state index < -0.39 is 17.5 Å². The van der Waals surface area contributed by atoms with E-state index in [4.69, 9.17) is 4.74 Å². The molecule has 0 atom stereocenters. The second kappa shape index (κ2) is 8.22. The van der Waals surface area contributed by atoms with Crippen molar-refractivity contribution in [2.24, 2.45) is 0 Å². The molecule has 0 amide bonds. The van der Waals surface area contributed by atoms with Crippen LogP contribution in [0.4, 0.5) is 4.39 Å². The summed E-state index contributed by atoms with van der Waals surface area (Å²) < 4.78 is 20.6. The quantitative estimate of drug-likeness (QED) is 0.630. The first-order valence-electron chi connectivity index (χ1n) is 8.48. The van der Waals surface area contributed by atoms with E-state index in [9.17, 15) is 19.1 Å². The highest BCUT2D eigenvalue weighted by atomic mass is 32.1. The van der Waals surface area contributed by atoms with Crippen molar-refractivity contribution in [3.8, 4) is 11.6 Å². The Kier molecular flexibility index (Phi) is 5.75. The highest BCUT2D eigenvalue weighted by Gasteiger charge is 2.23. The Balaban J connectivity index is 2.02. The van der Waals surface area contributed by atoms with Crippen molar-refractivity contribution in [3.05, 3.63) is 68.7 Å². The molecule has 1 N–H and O–H groups in total. The van der Waals surface area contributed by atoms with Gasteiger partial charge in [-0.3, -0.25) is 9.36 Å². The lowest BCUT2D eigenvalue weighted by Crippen LogP contribution is -2.25.